The Bertz CT molecular complexity index is 793. The van der Waals surface area contributed by atoms with Crippen molar-refractivity contribution in [2.45, 2.75) is 21.1 Å². The highest BCUT2D eigenvalue weighted by molar-refractivity contribution is 8.00. The number of alkyl halides is 3. The predicted octanol–water partition coefficient (Wildman–Crippen LogP) is 3.50. The van der Waals surface area contributed by atoms with Crippen molar-refractivity contribution in [3.8, 4) is 0 Å². The third kappa shape index (κ3) is 3.50. The number of anilines is 1. The normalized spacial score (nSPS) is 20.9. The molecule has 0 fully saturated rings. The Morgan fingerprint density at radius 3 is 2.36 bits per heavy atom. The lowest BCUT2D eigenvalue weighted by Crippen LogP contribution is -2.47. The Morgan fingerprint density at radius 1 is 1.16 bits per heavy atom. The molecule has 3 rings (SSSR count). The summed E-state index contributed by atoms with van der Waals surface area (Å²) in [5, 5.41) is 18.1. The van der Waals surface area contributed by atoms with Crippen molar-refractivity contribution in [1.82, 2.24) is 10.2 Å². The first-order valence-electron chi connectivity index (χ1n) is 6.96. The molecule has 0 saturated heterocycles. The van der Waals surface area contributed by atoms with E-state index < -0.39 is 18.4 Å². The summed E-state index contributed by atoms with van der Waals surface area (Å²) in [5.74, 6) is -0.0328. The Morgan fingerprint density at radius 2 is 1.84 bits per heavy atom. The fourth-order valence-electron chi connectivity index (χ4n) is 2.24. The molecule has 11 heteroatoms. The smallest absolute Gasteiger partial charge is 0.361 e. The molecule has 2 heterocycles. The molecule has 1 atom stereocenters. The van der Waals surface area contributed by atoms with Gasteiger partial charge in [0, 0.05) is 10.6 Å². The fourth-order valence-corrected chi connectivity index (χ4v) is 3.92. The molecule has 1 N–H and O–H groups in total. The highest BCUT2D eigenvalue weighted by Gasteiger charge is 2.59. The van der Waals surface area contributed by atoms with E-state index in [0.29, 0.717) is 10.0 Å². The van der Waals surface area contributed by atoms with Gasteiger partial charge in [0.15, 0.2) is 15.2 Å². The quantitative estimate of drug-likeness (QED) is 0.785. The molecule has 1 unspecified atom stereocenters. The van der Waals surface area contributed by atoms with Gasteiger partial charge in [-0.2, -0.15) is 13.2 Å². The van der Waals surface area contributed by atoms with E-state index in [0.717, 1.165) is 16.2 Å². The van der Waals surface area contributed by atoms with Crippen molar-refractivity contribution in [2.24, 2.45) is 4.99 Å². The van der Waals surface area contributed by atoms with E-state index in [1.807, 2.05) is 6.26 Å². The van der Waals surface area contributed by atoms with Crippen LogP contribution in [0, 0.1) is 0 Å². The SMILES string of the molecule is CSc1ccc(N2CC(O)(C(F)(F)F)N=C2c2nnc(SC)s2)cc1. The number of rotatable bonds is 4. The number of benzene rings is 1. The molecule has 1 aliphatic rings. The monoisotopic (exact) mass is 406 g/mol. The van der Waals surface area contributed by atoms with E-state index in [4.69, 9.17) is 0 Å². The van der Waals surface area contributed by atoms with Crippen LogP contribution in [0.2, 0.25) is 0 Å². The Kier molecular flexibility index (Phi) is 5.02. The lowest BCUT2D eigenvalue weighted by Gasteiger charge is -2.25. The minimum atomic E-state index is -4.89. The van der Waals surface area contributed by atoms with Gasteiger partial charge in [-0.25, -0.2) is 4.99 Å². The lowest BCUT2D eigenvalue weighted by atomic mass is 10.2. The van der Waals surface area contributed by atoms with Gasteiger partial charge in [0.1, 0.15) is 0 Å². The van der Waals surface area contributed by atoms with Gasteiger partial charge in [-0.3, -0.25) is 0 Å². The van der Waals surface area contributed by atoms with Crippen LogP contribution in [-0.4, -0.2) is 52.1 Å². The predicted molar refractivity (Wildman–Crippen MR) is 94.8 cm³/mol. The van der Waals surface area contributed by atoms with Gasteiger partial charge in [0.25, 0.3) is 5.72 Å². The molecular weight excluding hydrogens is 393 g/mol. The molecule has 1 aromatic heterocycles. The standard InChI is InChI=1S/C14H13F3N4OS3/c1-23-9-5-3-8(4-6-9)21-7-13(22,14(15,16)17)18-10(21)11-19-20-12(24-2)25-11/h3-6,22H,7H2,1-2H3. The molecule has 5 nitrogen and oxygen atoms in total. The molecular formula is C14H13F3N4OS3. The van der Waals surface area contributed by atoms with Crippen molar-refractivity contribution >= 4 is 46.4 Å². The number of β-amino-alcohol motifs (C(OH)–C–C–N with tert-alkyl or cyclic N) is 1. The van der Waals surface area contributed by atoms with Gasteiger partial charge >= 0.3 is 6.18 Å². The topological polar surface area (TPSA) is 61.6 Å². The van der Waals surface area contributed by atoms with Gasteiger partial charge in [0.05, 0.1) is 6.54 Å². The molecule has 0 saturated carbocycles. The van der Waals surface area contributed by atoms with E-state index >= 15 is 0 Å². The van der Waals surface area contributed by atoms with E-state index in [1.54, 1.807) is 30.5 Å². The number of aromatic nitrogens is 2. The summed E-state index contributed by atoms with van der Waals surface area (Å²) in [4.78, 5) is 5.88. The van der Waals surface area contributed by atoms with Gasteiger partial charge < -0.3 is 10.0 Å². The second-order valence-electron chi connectivity index (χ2n) is 5.11. The number of thioether (sulfide) groups is 2. The van der Waals surface area contributed by atoms with E-state index in [-0.39, 0.29) is 10.8 Å². The summed E-state index contributed by atoms with van der Waals surface area (Å²) < 4.78 is 40.5. The number of hydrogen-bond acceptors (Lipinski definition) is 8. The van der Waals surface area contributed by atoms with Gasteiger partial charge in [-0.05, 0) is 36.8 Å². The summed E-state index contributed by atoms with van der Waals surface area (Å²) >= 11 is 4.00. The molecule has 134 valence electrons. The first-order valence-corrected chi connectivity index (χ1v) is 10.2. The maximum absolute atomic E-state index is 13.3. The second kappa shape index (κ2) is 6.78. The molecule has 0 radical (unpaired) electrons. The minimum absolute atomic E-state index is 0.0328. The van der Waals surface area contributed by atoms with E-state index in [1.165, 1.54) is 28.4 Å². The lowest BCUT2D eigenvalue weighted by molar-refractivity contribution is -0.249. The fraction of sp³-hybridized carbons (Fsp3) is 0.357. The number of aliphatic hydroxyl groups is 1. The van der Waals surface area contributed by atoms with Crippen molar-refractivity contribution in [2.75, 3.05) is 24.0 Å². The average Bonchev–Trinajstić information content (AvgIpc) is 3.19. The van der Waals surface area contributed by atoms with Gasteiger partial charge in [-0.15, -0.1) is 22.0 Å². The van der Waals surface area contributed by atoms with Gasteiger partial charge in [-0.1, -0.05) is 23.1 Å². The molecule has 0 spiro atoms. The summed E-state index contributed by atoms with van der Waals surface area (Å²) in [6.07, 6.45) is -1.18. The highest BCUT2D eigenvalue weighted by atomic mass is 32.2. The number of nitrogens with zero attached hydrogens (tertiary/aromatic N) is 4. The Hall–Kier alpha value is -1.30. The van der Waals surface area contributed by atoms with Crippen molar-refractivity contribution in [3.63, 3.8) is 0 Å². The maximum atomic E-state index is 13.3. The van der Waals surface area contributed by atoms with Crippen LogP contribution in [0.4, 0.5) is 18.9 Å². The van der Waals surface area contributed by atoms with Crippen LogP contribution in [0.25, 0.3) is 0 Å². The van der Waals surface area contributed by atoms with Crippen LogP contribution in [0.1, 0.15) is 5.01 Å². The van der Waals surface area contributed by atoms with Crippen molar-refractivity contribution < 1.29 is 18.3 Å². The van der Waals surface area contributed by atoms with Crippen molar-refractivity contribution in [1.29, 1.82) is 0 Å². The molecule has 0 bridgehead atoms. The summed E-state index contributed by atoms with van der Waals surface area (Å²) in [7, 11) is 0. The Balaban J connectivity index is 2.04. The molecule has 2 aromatic rings. The average molecular weight is 406 g/mol. The summed E-state index contributed by atoms with van der Waals surface area (Å²) in [5.41, 5.74) is -2.68. The first kappa shape index (κ1) is 18.5. The third-order valence-corrected chi connectivity index (χ3v) is 6.17. The molecule has 25 heavy (non-hydrogen) atoms. The molecule has 0 aliphatic carbocycles. The molecule has 0 amide bonds. The number of aliphatic imine (C=N–C) groups is 1. The van der Waals surface area contributed by atoms with Gasteiger partial charge in [0.2, 0.25) is 0 Å². The summed E-state index contributed by atoms with van der Waals surface area (Å²) in [6.45, 7) is -0.724. The van der Waals surface area contributed by atoms with Crippen LogP contribution in [-0.2, 0) is 0 Å². The Labute approximate surface area is 154 Å². The zero-order valence-corrected chi connectivity index (χ0v) is 15.6. The van der Waals surface area contributed by atoms with Crippen LogP contribution >= 0.6 is 34.9 Å². The molecule has 1 aliphatic heterocycles. The van der Waals surface area contributed by atoms with E-state index in [9.17, 15) is 18.3 Å². The second-order valence-corrected chi connectivity index (χ2v) is 8.02. The number of halogens is 3. The minimum Gasteiger partial charge on any atom is -0.361 e. The number of amidine groups is 1. The van der Waals surface area contributed by atoms with Crippen molar-refractivity contribution in [3.05, 3.63) is 29.3 Å². The third-order valence-electron chi connectivity index (χ3n) is 3.54. The maximum Gasteiger partial charge on any atom is 0.440 e. The highest BCUT2D eigenvalue weighted by Crippen LogP contribution is 2.39. The first-order chi connectivity index (χ1) is 11.8. The van der Waals surface area contributed by atoms with Crippen LogP contribution < -0.4 is 4.90 Å². The largest absolute Gasteiger partial charge is 0.440 e. The van der Waals surface area contributed by atoms with Crippen LogP contribution in [0.15, 0.2) is 38.5 Å². The summed E-state index contributed by atoms with van der Waals surface area (Å²) in [6, 6.07) is 6.99. The van der Waals surface area contributed by atoms with Crippen LogP contribution in [0.3, 0.4) is 0 Å². The van der Waals surface area contributed by atoms with Crippen LogP contribution in [0.5, 0.6) is 0 Å². The zero-order valence-electron chi connectivity index (χ0n) is 13.1. The van der Waals surface area contributed by atoms with E-state index in [2.05, 4.69) is 15.2 Å². The number of hydrogen-bond donors (Lipinski definition) is 1. The zero-order chi connectivity index (χ0) is 18.2. The molecule has 1 aromatic carbocycles.